The first kappa shape index (κ1) is 12.7. The Morgan fingerprint density at radius 3 is 2.61 bits per heavy atom. The molecule has 0 amide bonds. The number of benzene rings is 2. The fourth-order valence-electron chi connectivity index (χ4n) is 2.08. The summed E-state index contributed by atoms with van der Waals surface area (Å²) >= 11 is 6.04. The first-order chi connectivity index (χ1) is 8.47. The van der Waals surface area contributed by atoms with Gasteiger partial charge in [0.05, 0.1) is 10.6 Å². The van der Waals surface area contributed by atoms with Gasteiger partial charge in [-0.15, -0.1) is 6.42 Å². The largest absolute Gasteiger partial charge is 0.506 e. The fraction of sp³-hybridized carbons (Fsp3) is 0.200. The molecule has 0 saturated heterocycles. The highest BCUT2D eigenvalue weighted by molar-refractivity contribution is 6.37. The van der Waals surface area contributed by atoms with E-state index in [1.807, 2.05) is 13.8 Å². The van der Waals surface area contributed by atoms with Crippen LogP contribution < -0.4 is 0 Å². The summed E-state index contributed by atoms with van der Waals surface area (Å²) in [6, 6.07) is 4.36. The zero-order chi connectivity index (χ0) is 13.4. The van der Waals surface area contributed by atoms with Gasteiger partial charge in [-0.25, -0.2) is 4.39 Å². The third kappa shape index (κ3) is 1.81. The summed E-state index contributed by atoms with van der Waals surface area (Å²) in [7, 11) is 0. The standard InChI is InChI=1S/C15H12ClFO/c1-4-9-12(17)6-5-10-14(9)11(8(2)3)7-13(18)15(10)16/h1,5-8,18H,2-3H3. The molecule has 0 saturated carbocycles. The predicted octanol–water partition coefficient (Wildman–Crippen LogP) is 4.44. The van der Waals surface area contributed by atoms with E-state index in [9.17, 15) is 9.50 Å². The average molecular weight is 263 g/mol. The lowest BCUT2D eigenvalue weighted by Gasteiger charge is -2.14. The molecular formula is C15H12ClFO. The van der Waals surface area contributed by atoms with Crippen LogP contribution in [0.5, 0.6) is 5.75 Å². The maximum Gasteiger partial charge on any atom is 0.139 e. The Kier molecular flexibility index (Phi) is 3.19. The van der Waals surface area contributed by atoms with Crippen LogP contribution >= 0.6 is 11.6 Å². The van der Waals surface area contributed by atoms with Crippen LogP contribution in [0.15, 0.2) is 18.2 Å². The average Bonchev–Trinajstić information content (AvgIpc) is 2.33. The van der Waals surface area contributed by atoms with E-state index in [2.05, 4.69) is 5.92 Å². The SMILES string of the molecule is C#Cc1c(F)ccc2c(Cl)c(O)cc(C(C)C)c12. The zero-order valence-electron chi connectivity index (χ0n) is 10.1. The lowest BCUT2D eigenvalue weighted by Crippen LogP contribution is -1.95. The molecule has 0 fully saturated rings. The Labute approximate surface area is 110 Å². The molecule has 2 rings (SSSR count). The topological polar surface area (TPSA) is 20.2 Å². The van der Waals surface area contributed by atoms with Gasteiger partial charge in [0.15, 0.2) is 0 Å². The van der Waals surface area contributed by atoms with E-state index < -0.39 is 5.82 Å². The molecule has 0 unspecified atom stereocenters. The van der Waals surface area contributed by atoms with Crippen molar-refractivity contribution in [2.75, 3.05) is 0 Å². The van der Waals surface area contributed by atoms with Crippen LogP contribution in [0.3, 0.4) is 0 Å². The number of hydrogen-bond acceptors (Lipinski definition) is 1. The van der Waals surface area contributed by atoms with Crippen LogP contribution in [0.2, 0.25) is 5.02 Å². The quantitative estimate of drug-likeness (QED) is 0.753. The number of aromatic hydroxyl groups is 1. The molecule has 0 radical (unpaired) electrons. The Morgan fingerprint density at radius 2 is 2.06 bits per heavy atom. The van der Waals surface area contributed by atoms with Crippen LogP contribution in [0.1, 0.15) is 30.9 Å². The molecular weight excluding hydrogens is 251 g/mol. The Hall–Kier alpha value is -1.72. The van der Waals surface area contributed by atoms with Crippen molar-refractivity contribution in [3.8, 4) is 18.1 Å². The lowest BCUT2D eigenvalue weighted by molar-refractivity contribution is 0.475. The van der Waals surface area contributed by atoms with Gasteiger partial charge in [0, 0.05) is 10.8 Å². The molecule has 3 heteroatoms. The summed E-state index contributed by atoms with van der Waals surface area (Å²) in [4.78, 5) is 0. The third-order valence-electron chi connectivity index (χ3n) is 2.96. The van der Waals surface area contributed by atoms with E-state index in [4.69, 9.17) is 18.0 Å². The van der Waals surface area contributed by atoms with Crippen molar-refractivity contribution in [2.24, 2.45) is 0 Å². The predicted molar refractivity (Wildman–Crippen MR) is 72.6 cm³/mol. The summed E-state index contributed by atoms with van der Waals surface area (Å²) in [5.74, 6) is 2.00. The number of phenols is 1. The van der Waals surface area contributed by atoms with Crippen LogP contribution in [-0.4, -0.2) is 5.11 Å². The van der Waals surface area contributed by atoms with Gasteiger partial charge in [-0.1, -0.05) is 31.4 Å². The molecule has 0 aromatic heterocycles. The number of phenolic OH excluding ortho intramolecular Hbond substituents is 1. The smallest absolute Gasteiger partial charge is 0.139 e. The normalized spacial score (nSPS) is 10.9. The van der Waals surface area contributed by atoms with Gasteiger partial charge in [0.2, 0.25) is 0 Å². The number of fused-ring (bicyclic) bond motifs is 1. The maximum absolute atomic E-state index is 13.7. The number of halogens is 2. The molecule has 2 aromatic carbocycles. The van der Waals surface area contributed by atoms with Crippen LogP contribution in [-0.2, 0) is 0 Å². The van der Waals surface area contributed by atoms with Crippen molar-refractivity contribution < 1.29 is 9.50 Å². The minimum absolute atomic E-state index is 0.0116. The van der Waals surface area contributed by atoms with Gasteiger partial charge in [-0.3, -0.25) is 0 Å². The zero-order valence-corrected chi connectivity index (χ0v) is 10.8. The van der Waals surface area contributed by atoms with Gasteiger partial charge in [0.25, 0.3) is 0 Å². The lowest BCUT2D eigenvalue weighted by atomic mass is 9.92. The van der Waals surface area contributed by atoms with E-state index >= 15 is 0 Å². The molecule has 2 aromatic rings. The Balaban J connectivity index is 3.06. The minimum atomic E-state index is -0.450. The molecule has 18 heavy (non-hydrogen) atoms. The summed E-state index contributed by atoms with van der Waals surface area (Å²) in [6.07, 6.45) is 5.38. The first-order valence-electron chi connectivity index (χ1n) is 5.57. The van der Waals surface area contributed by atoms with E-state index in [1.54, 1.807) is 12.1 Å². The fourth-order valence-corrected chi connectivity index (χ4v) is 2.29. The monoisotopic (exact) mass is 262 g/mol. The molecule has 1 N–H and O–H groups in total. The first-order valence-corrected chi connectivity index (χ1v) is 5.95. The number of rotatable bonds is 1. The van der Waals surface area contributed by atoms with Crippen LogP contribution in [0.25, 0.3) is 10.8 Å². The van der Waals surface area contributed by atoms with Gasteiger partial charge in [-0.2, -0.15) is 0 Å². The third-order valence-corrected chi connectivity index (χ3v) is 3.36. The van der Waals surface area contributed by atoms with Crippen molar-refractivity contribution in [1.29, 1.82) is 0 Å². The summed E-state index contributed by atoms with van der Waals surface area (Å²) in [6.45, 7) is 3.90. The van der Waals surface area contributed by atoms with Crippen LogP contribution in [0, 0.1) is 18.2 Å². The van der Waals surface area contributed by atoms with Crippen molar-refractivity contribution in [3.63, 3.8) is 0 Å². The molecule has 0 aliphatic carbocycles. The van der Waals surface area contributed by atoms with E-state index in [-0.39, 0.29) is 22.3 Å². The number of hydrogen-bond donors (Lipinski definition) is 1. The van der Waals surface area contributed by atoms with Gasteiger partial charge >= 0.3 is 0 Å². The van der Waals surface area contributed by atoms with Crippen LogP contribution in [0.4, 0.5) is 4.39 Å². The van der Waals surface area contributed by atoms with Crippen molar-refractivity contribution in [1.82, 2.24) is 0 Å². The molecule has 92 valence electrons. The van der Waals surface area contributed by atoms with Gasteiger partial charge in [-0.05, 0) is 29.7 Å². The highest BCUT2D eigenvalue weighted by Crippen LogP contribution is 2.39. The molecule has 0 atom stereocenters. The molecule has 0 bridgehead atoms. The highest BCUT2D eigenvalue weighted by Gasteiger charge is 2.17. The van der Waals surface area contributed by atoms with E-state index in [1.165, 1.54) is 6.07 Å². The number of terminal acetylenes is 1. The molecule has 0 aliphatic heterocycles. The van der Waals surface area contributed by atoms with Crippen molar-refractivity contribution >= 4 is 22.4 Å². The molecule has 0 spiro atoms. The van der Waals surface area contributed by atoms with Crippen molar-refractivity contribution in [2.45, 2.75) is 19.8 Å². The van der Waals surface area contributed by atoms with Gasteiger partial charge < -0.3 is 5.11 Å². The molecule has 0 heterocycles. The van der Waals surface area contributed by atoms with Gasteiger partial charge in [0.1, 0.15) is 11.6 Å². The van der Waals surface area contributed by atoms with Crippen molar-refractivity contribution in [3.05, 3.63) is 40.2 Å². The second kappa shape index (κ2) is 4.51. The summed E-state index contributed by atoms with van der Waals surface area (Å²) in [5.41, 5.74) is 0.984. The van der Waals surface area contributed by atoms with E-state index in [0.717, 1.165) is 5.56 Å². The molecule has 0 aliphatic rings. The summed E-state index contributed by atoms with van der Waals surface area (Å²) in [5, 5.41) is 11.2. The maximum atomic E-state index is 13.7. The second-order valence-electron chi connectivity index (χ2n) is 4.44. The Bertz CT molecular complexity index is 668. The Morgan fingerprint density at radius 1 is 1.39 bits per heavy atom. The van der Waals surface area contributed by atoms with E-state index in [0.29, 0.717) is 10.8 Å². The summed E-state index contributed by atoms with van der Waals surface area (Å²) < 4.78 is 13.7. The minimum Gasteiger partial charge on any atom is -0.506 e. The molecule has 1 nitrogen and oxygen atoms in total. The highest BCUT2D eigenvalue weighted by atomic mass is 35.5. The second-order valence-corrected chi connectivity index (χ2v) is 4.82.